The van der Waals surface area contributed by atoms with E-state index in [0.29, 0.717) is 12.6 Å². The predicted octanol–water partition coefficient (Wildman–Crippen LogP) is 2.76. The largest absolute Gasteiger partial charge is 0.379 e. The molecule has 2 heterocycles. The van der Waals surface area contributed by atoms with E-state index in [1.807, 2.05) is 0 Å². The summed E-state index contributed by atoms with van der Waals surface area (Å²) in [7, 11) is 0. The van der Waals surface area contributed by atoms with Crippen molar-refractivity contribution in [3.8, 4) is 0 Å². The molecule has 7 heteroatoms. The van der Waals surface area contributed by atoms with Crippen LogP contribution in [-0.4, -0.2) is 63.0 Å². The van der Waals surface area contributed by atoms with Crippen LogP contribution in [0, 0.1) is 0 Å². The normalized spacial score (nSPS) is 20.6. The van der Waals surface area contributed by atoms with Crippen molar-refractivity contribution in [2.24, 2.45) is 4.99 Å². The van der Waals surface area contributed by atoms with Crippen LogP contribution in [0.15, 0.2) is 29.3 Å². The molecule has 2 aliphatic rings. The van der Waals surface area contributed by atoms with Crippen LogP contribution in [0.2, 0.25) is 0 Å². The van der Waals surface area contributed by atoms with Crippen molar-refractivity contribution in [1.82, 2.24) is 15.5 Å². The zero-order chi connectivity index (χ0) is 18.7. The Morgan fingerprint density at radius 3 is 2.64 bits per heavy atom. The number of hydrogen-bond donors (Lipinski definition) is 2. The summed E-state index contributed by atoms with van der Waals surface area (Å²) in [6.07, 6.45) is 3.83. The van der Waals surface area contributed by atoms with E-state index in [1.165, 1.54) is 24.0 Å². The standard InChI is InChI=1S/C21H34N4O2.HI/c1-2-22-21(23-10-9-20-8-5-13-27-20)24-16-18-6-3-4-7-19(18)17-25-11-14-26-15-12-25;/h3-4,6-7,20H,2,5,8-17H2,1H3,(H2,22,23,24);1H. The quantitative estimate of drug-likeness (QED) is 0.326. The lowest BCUT2D eigenvalue weighted by molar-refractivity contribution is 0.0341. The second kappa shape index (κ2) is 13.3. The second-order valence-electron chi connectivity index (χ2n) is 7.20. The fourth-order valence-electron chi connectivity index (χ4n) is 3.60. The molecule has 1 unspecified atom stereocenters. The van der Waals surface area contributed by atoms with Crippen molar-refractivity contribution in [3.05, 3.63) is 35.4 Å². The Kier molecular flexibility index (Phi) is 11.1. The number of nitrogens with one attached hydrogen (secondary N) is 2. The van der Waals surface area contributed by atoms with Gasteiger partial charge in [0.05, 0.1) is 25.9 Å². The monoisotopic (exact) mass is 502 g/mol. The van der Waals surface area contributed by atoms with Crippen LogP contribution in [0.5, 0.6) is 0 Å². The number of aliphatic imine (C=N–C) groups is 1. The summed E-state index contributed by atoms with van der Waals surface area (Å²) in [4.78, 5) is 7.27. The van der Waals surface area contributed by atoms with Crippen molar-refractivity contribution in [2.75, 3.05) is 46.0 Å². The maximum absolute atomic E-state index is 5.70. The molecule has 1 aromatic carbocycles. The smallest absolute Gasteiger partial charge is 0.191 e. The Balaban J connectivity index is 0.00000280. The molecule has 3 rings (SSSR count). The third-order valence-corrected chi connectivity index (χ3v) is 5.15. The van der Waals surface area contributed by atoms with Crippen molar-refractivity contribution in [1.29, 1.82) is 0 Å². The average molecular weight is 502 g/mol. The second-order valence-corrected chi connectivity index (χ2v) is 7.20. The van der Waals surface area contributed by atoms with Gasteiger partial charge in [0, 0.05) is 39.3 Å². The van der Waals surface area contributed by atoms with E-state index in [4.69, 9.17) is 14.5 Å². The van der Waals surface area contributed by atoms with Gasteiger partial charge in [-0.2, -0.15) is 0 Å². The number of nitrogens with zero attached hydrogens (tertiary/aromatic N) is 2. The van der Waals surface area contributed by atoms with E-state index in [-0.39, 0.29) is 24.0 Å². The molecule has 0 radical (unpaired) electrons. The van der Waals surface area contributed by atoms with Gasteiger partial charge in [-0.1, -0.05) is 24.3 Å². The van der Waals surface area contributed by atoms with Gasteiger partial charge in [-0.15, -0.1) is 24.0 Å². The number of morpholine rings is 1. The molecule has 0 spiro atoms. The van der Waals surface area contributed by atoms with Gasteiger partial charge in [-0.3, -0.25) is 4.90 Å². The molecular formula is C21H35IN4O2. The minimum Gasteiger partial charge on any atom is -0.379 e. The van der Waals surface area contributed by atoms with Crippen LogP contribution in [0.1, 0.15) is 37.3 Å². The molecule has 1 aromatic rings. The number of rotatable bonds is 8. The van der Waals surface area contributed by atoms with Gasteiger partial charge in [-0.05, 0) is 37.3 Å². The van der Waals surface area contributed by atoms with Crippen LogP contribution in [0.4, 0.5) is 0 Å². The first-order chi connectivity index (χ1) is 13.3. The van der Waals surface area contributed by atoms with Crippen molar-refractivity contribution < 1.29 is 9.47 Å². The van der Waals surface area contributed by atoms with Crippen LogP contribution >= 0.6 is 24.0 Å². The van der Waals surface area contributed by atoms with Gasteiger partial charge in [-0.25, -0.2) is 4.99 Å². The highest BCUT2D eigenvalue weighted by Gasteiger charge is 2.15. The van der Waals surface area contributed by atoms with Crippen LogP contribution in [0.25, 0.3) is 0 Å². The summed E-state index contributed by atoms with van der Waals surface area (Å²) in [5.74, 6) is 0.886. The molecule has 6 nitrogen and oxygen atoms in total. The van der Waals surface area contributed by atoms with Gasteiger partial charge in [0.2, 0.25) is 0 Å². The Labute approximate surface area is 186 Å². The number of guanidine groups is 1. The molecule has 0 aliphatic carbocycles. The molecule has 2 fully saturated rings. The first-order valence-electron chi connectivity index (χ1n) is 10.4. The first-order valence-corrected chi connectivity index (χ1v) is 10.4. The Bertz CT molecular complexity index is 588. The highest BCUT2D eigenvalue weighted by atomic mass is 127. The highest BCUT2D eigenvalue weighted by Crippen LogP contribution is 2.15. The summed E-state index contributed by atoms with van der Waals surface area (Å²) < 4.78 is 11.2. The average Bonchev–Trinajstić information content (AvgIpc) is 3.21. The fourth-order valence-corrected chi connectivity index (χ4v) is 3.60. The van der Waals surface area contributed by atoms with E-state index < -0.39 is 0 Å². The summed E-state index contributed by atoms with van der Waals surface area (Å²) in [5.41, 5.74) is 2.65. The Hall–Kier alpha value is -0.900. The van der Waals surface area contributed by atoms with E-state index in [0.717, 1.165) is 64.9 Å². The lowest BCUT2D eigenvalue weighted by Gasteiger charge is -2.27. The van der Waals surface area contributed by atoms with Gasteiger partial charge >= 0.3 is 0 Å². The zero-order valence-corrected chi connectivity index (χ0v) is 19.3. The Morgan fingerprint density at radius 1 is 1.14 bits per heavy atom. The minimum absolute atomic E-state index is 0. The number of halogens is 1. The minimum atomic E-state index is 0. The van der Waals surface area contributed by atoms with E-state index in [1.54, 1.807) is 0 Å². The van der Waals surface area contributed by atoms with E-state index in [2.05, 4.69) is 46.7 Å². The molecule has 2 N–H and O–H groups in total. The van der Waals surface area contributed by atoms with Crippen LogP contribution < -0.4 is 10.6 Å². The lowest BCUT2D eigenvalue weighted by atomic mass is 10.1. The van der Waals surface area contributed by atoms with Crippen molar-refractivity contribution >= 4 is 29.9 Å². The van der Waals surface area contributed by atoms with Gasteiger partial charge in [0.25, 0.3) is 0 Å². The summed E-state index contributed by atoms with van der Waals surface area (Å²) in [5, 5.41) is 6.80. The molecule has 2 saturated heterocycles. The van der Waals surface area contributed by atoms with Gasteiger partial charge in [0.15, 0.2) is 5.96 Å². The maximum Gasteiger partial charge on any atom is 0.191 e. The zero-order valence-electron chi connectivity index (χ0n) is 17.0. The summed E-state index contributed by atoms with van der Waals surface area (Å²) >= 11 is 0. The van der Waals surface area contributed by atoms with E-state index in [9.17, 15) is 0 Å². The molecule has 1 atom stereocenters. The molecule has 0 bridgehead atoms. The molecule has 2 aliphatic heterocycles. The molecular weight excluding hydrogens is 467 g/mol. The molecule has 0 amide bonds. The van der Waals surface area contributed by atoms with E-state index >= 15 is 0 Å². The first kappa shape index (κ1) is 23.4. The third-order valence-electron chi connectivity index (χ3n) is 5.15. The number of hydrogen-bond acceptors (Lipinski definition) is 4. The fraction of sp³-hybridized carbons (Fsp3) is 0.667. The van der Waals surface area contributed by atoms with Gasteiger partial charge < -0.3 is 20.1 Å². The van der Waals surface area contributed by atoms with Crippen molar-refractivity contribution in [2.45, 2.75) is 45.4 Å². The predicted molar refractivity (Wildman–Crippen MR) is 124 cm³/mol. The van der Waals surface area contributed by atoms with Crippen LogP contribution in [-0.2, 0) is 22.6 Å². The number of ether oxygens (including phenoxy) is 2. The third kappa shape index (κ3) is 7.85. The molecule has 28 heavy (non-hydrogen) atoms. The molecule has 158 valence electrons. The van der Waals surface area contributed by atoms with Crippen molar-refractivity contribution in [3.63, 3.8) is 0 Å². The summed E-state index contributed by atoms with van der Waals surface area (Å²) in [6, 6.07) is 8.63. The molecule has 0 saturated carbocycles. The summed E-state index contributed by atoms with van der Waals surface area (Å²) in [6.45, 7) is 10.1. The maximum atomic E-state index is 5.70. The van der Waals surface area contributed by atoms with Crippen LogP contribution in [0.3, 0.4) is 0 Å². The molecule has 0 aromatic heterocycles. The SMILES string of the molecule is CCNC(=NCc1ccccc1CN1CCOCC1)NCCC1CCCO1.I. The van der Waals surface area contributed by atoms with Gasteiger partial charge in [0.1, 0.15) is 0 Å². The lowest BCUT2D eigenvalue weighted by Crippen LogP contribution is -2.38. The number of benzene rings is 1. The highest BCUT2D eigenvalue weighted by molar-refractivity contribution is 14.0. The Morgan fingerprint density at radius 2 is 1.93 bits per heavy atom. The topological polar surface area (TPSA) is 58.1 Å².